The molecule has 0 spiro atoms. The number of alkyl halides is 1. The molecule has 4 bridgehead atoms. The van der Waals surface area contributed by atoms with Crippen LogP contribution < -0.4 is 5.32 Å². The third-order valence-electron chi connectivity index (χ3n) is 6.65. The standard InChI is InChI=1S/C21H28ClNO2/c1-13(2)19(24)23-18(15-6-4-3-5-7-15)17-16-8-14-9-20(22,11-16)12-21(17,25)10-14/h3-7,13-14,16-18,25H,8-12H2,1-2H3,(H,23,24)/t14-,16?,17+,18-,20-,21-/m0/s1. The Morgan fingerprint density at radius 3 is 2.56 bits per heavy atom. The quantitative estimate of drug-likeness (QED) is 0.795. The van der Waals surface area contributed by atoms with Gasteiger partial charge in [-0.15, -0.1) is 11.6 Å². The molecule has 0 aromatic heterocycles. The zero-order valence-corrected chi connectivity index (χ0v) is 15.8. The van der Waals surface area contributed by atoms with Crippen molar-refractivity contribution in [1.29, 1.82) is 0 Å². The smallest absolute Gasteiger partial charge is 0.223 e. The molecule has 1 aromatic carbocycles. The van der Waals surface area contributed by atoms with E-state index >= 15 is 0 Å². The van der Waals surface area contributed by atoms with E-state index < -0.39 is 5.60 Å². The molecule has 1 aromatic rings. The third kappa shape index (κ3) is 3.00. The van der Waals surface area contributed by atoms with Gasteiger partial charge in [0.1, 0.15) is 0 Å². The Kier molecular flexibility index (Phi) is 4.16. The molecular weight excluding hydrogens is 334 g/mol. The predicted octanol–water partition coefficient (Wildman–Crippen LogP) is 4.05. The summed E-state index contributed by atoms with van der Waals surface area (Å²) in [6.45, 7) is 3.83. The van der Waals surface area contributed by atoms with E-state index in [1.165, 1.54) is 0 Å². The summed E-state index contributed by atoms with van der Waals surface area (Å²) in [6, 6.07) is 9.99. The van der Waals surface area contributed by atoms with Crippen LogP contribution in [0, 0.1) is 23.7 Å². The lowest BCUT2D eigenvalue weighted by atomic mass is 9.47. The molecule has 0 heterocycles. The van der Waals surface area contributed by atoms with E-state index in [1.807, 2.05) is 32.0 Å². The highest BCUT2D eigenvalue weighted by molar-refractivity contribution is 6.24. The Morgan fingerprint density at radius 2 is 1.96 bits per heavy atom. The number of rotatable bonds is 4. The SMILES string of the molecule is CC(C)C(=O)N[C@@H](c1ccccc1)[C@H]1C2C[C@H]3C[C@](Cl)(C2)C[C@@]1(O)C3. The highest BCUT2D eigenvalue weighted by Gasteiger charge is 2.63. The van der Waals surface area contributed by atoms with Gasteiger partial charge in [0.05, 0.1) is 11.6 Å². The number of carbonyl (C=O) groups is 1. The maximum atomic E-state index is 12.5. The monoisotopic (exact) mass is 361 g/mol. The van der Waals surface area contributed by atoms with Crippen LogP contribution in [0.2, 0.25) is 0 Å². The van der Waals surface area contributed by atoms with Gasteiger partial charge in [0.2, 0.25) is 5.91 Å². The Labute approximate surface area is 155 Å². The van der Waals surface area contributed by atoms with Crippen LogP contribution in [-0.4, -0.2) is 21.5 Å². The number of amides is 1. The van der Waals surface area contributed by atoms with E-state index in [0.29, 0.717) is 18.3 Å². The molecule has 1 amide bonds. The average Bonchev–Trinajstić information content (AvgIpc) is 2.51. The molecule has 136 valence electrons. The van der Waals surface area contributed by atoms with Crippen LogP contribution in [-0.2, 0) is 4.79 Å². The van der Waals surface area contributed by atoms with Crippen molar-refractivity contribution in [2.45, 2.75) is 62.5 Å². The van der Waals surface area contributed by atoms with Crippen LogP contribution in [0.3, 0.4) is 0 Å². The number of hydrogen-bond donors (Lipinski definition) is 2. The van der Waals surface area contributed by atoms with Gasteiger partial charge >= 0.3 is 0 Å². The number of halogens is 1. The minimum Gasteiger partial charge on any atom is -0.389 e. The van der Waals surface area contributed by atoms with Crippen molar-refractivity contribution in [1.82, 2.24) is 5.32 Å². The maximum Gasteiger partial charge on any atom is 0.223 e. The summed E-state index contributed by atoms with van der Waals surface area (Å²) >= 11 is 6.85. The Bertz CT molecular complexity index is 663. The second-order valence-corrected chi connectivity index (χ2v) is 9.78. The Hall–Kier alpha value is -1.06. The number of hydrogen-bond acceptors (Lipinski definition) is 2. The van der Waals surface area contributed by atoms with Gasteiger partial charge in [0, 0.05) is 16.7 Å². The van der Waals surface area contributed by atoms with Crippen LogP contribution in [0.4, 0.5) is 0 Å². The zero-order chi connectivity index (χ0) is 17.8. The van der Waals surface area contributed by atoms with Crippen molar-refractivity contribution in [3.8, 4) is 0 Å². The van der Waals surface area contributed by atoms with Crippen LogP contribution in [0.15, 0.2) is 30.3 Å². The average molecular weight is 362 g/mol. The number of aliphatic hydroxyl groups is 1. The number of carbonyl (C=O) groups excluding carboxylic acids is 1. The van der Waals surface area contributed by atoms with E-state index in [-0.39, 0.29) is 28.7 Å². The third-order valence-corrected chi connectivity index (χ3v) is 7.09. The topological polar surface area (TPSA) is 49.3 Å². The van der Waals surface area contributed by atoms with Gasteiger partial charge in [-0.3, -0.25) is 4.79 Å². The predicted molar refractivity (Wildman–Crippen MR) is 99.3 cm³/mol. The molecule has 1 unspecified atom stereocenters. The fourth-order valence-corrected chi connectivity index (χ4v) is 6.64. The van der Waals surface area contributed by atoms with Crippen molar-refractivity contribution in [3.63, 3.8) is 0 Å². The molecule has 0 aliphatic heterocycles. The molecule has 6 atom stereocenters. The fourth-order valence-electron chi connectivity index (χ4n) is 6.00. The fraction of sp³-hybridized carbons (Fsp3) is 0.667. The first-order chi connectivity index (χ1) is 11.8. The highest BCUT2D eigenvalue weighted by atomic mass is 35.5. The lowest BCUT2D eigenvalue weighted by Gasteiger charge is -2.63. The van der Waals surface area contributed by atoms with E-state index in [0.717, 1.165) is 31.2 Å². The van der Waals surface area contributed by atoms with Crippen LogP contribution >= 0.6 is 11.6 Å². The molecule has 2 N–H and O–H groups in total. The van der Waals surface area contributed by atoms with E-state index in [1.54, 1.807) is 0 Å². The molecule has 4 aliphatic rings. The van der Waals surface area contributed by atoms with Crippen molar-refractivity contribution in [2.24, 2.45) is 23.7 Å². The molecule has 4 fully saturated rings. The van der Waals surface area contributed by atoms with Gasteiger partial charge in [-0.05, 0) is 49.5 Å². The van der Waals surface area contributed by atoms with Gasteiger partial charge in [0.25, 0.3) is 0 Å². The highest BCUT2D eigenvalue weighted by Crippen LogP contribution is 2.64. The Morgan fingerprint density at radius 1 is 1.24 bits per heavy atom. The minimum absolute atomic E-state index is 0.0426. The van der Waals surface area contributed by atoms with E-state index in [4.69, 9.17) is 11.6 Å². The van der Waals surface area contributed by atoms with E-state index in [9.17, 15) is 9.90 Å². The van der Waals surface area contributed by atoms with Crippen LogP contribution in [0.25, 0.3) is 0 Å². The molecular formula is C21H28ClNO2. The normalized spacial score (nSPS) is 40.3. The lowest BCUT2D eigenvalue weighted by Crippen LogP contribution is -2.64. The molecule has 4 saturated carbocycles. The minimum atomic E-state index is -0.767. The largest absolute Gasteiger partial charge is 0.389 e. The zero-order valence-electron chi connectivity index (χ0n) is 15.0. The summed E-state index contributed by atoms with van der Waals surface area (Å²) in [5, 5.41) is 14.8. The van der Waals surface area contributed by atoms with Gasteiger partial charge in [-0.25, -0.2) is 0 Å². The van der Waals surface area contributed by atoms with Gasteiger partial charge < -0.3 is 10.4 Å². The first-order valence-corrected chi connectivity index (χ1v) is 9.94. The number of benzene rings is 1. The van der Waals surface area contributed by atoms with Crippen LogP contribution in [0.5, 0.6) is 0 Å². The molecule has 4 aliphatic carbocycles. The second kappa shape index (κ2) is 5.99. The lowest BCUT2D eigenvalue weighted by molar-refractivity contribution is -0.175. The first-order valence-electron chi connectivity index (χ1n) is 9.56. The summed E-state index contributed by atoms with van der Waals surface area (Å²) < 4.78 is 0. The van der Waals surface area contributed by atoms with Crippen molar-refractivity contribution >= 4 is 17.5 Å². The van der Waals surface area contributed by atoms with Crippen molar-refractivity contribution in [2.75, 3.05) is 0 Å². The van der Waals surface area contributed by atoms with Gasteiger partial charge in [-0.2, -0.15) is 0 Å². The molecule has 3 nitrogen and oxygen atoms in total. The molecule has 0 saturated heterocycles. The maximum absolute atomic E-state index is 12.5. The number of nitrogens with one attached hydrogen (secondary N) is 1. The molecule has 25 heavy (non-hydrogen) atoms. The summed E-state index contributed by atoms with van der Waals surface area (Å²) in [5.74, 6) is 0.926. The summed E-state index contributed by atoms with van der Waals surface area (Å²) in [5.41, 5.74) is 0.322. The van der Waals surface area contributed by atoms with E-state index in [2.05, 4.69) is 17.4 Å². The molecule has 5 rings (SSSR count). The first kappa shape index (κ1) is 17.4. The van der Waals surface area contributed by atoms with Crippen molar-refractivity contribution in [3.05, 3.63) is 35.9 Å². The molecule has 4 heteroatoms. The second-order valence-electron chi connectivity index (χ2n) is 8.98. The summed E-state index contributed by atoms with van der Waals surface area (Å²) in [6.07, 6.45) is 4.60. The molecule has 0 radical (unpaired) electrons. The summed E-state index contributed by atoms with van der Waals surface area (Å²) in [4.78, 5) is 12.3. The van der Waals surface area contributed by atoms with Crippen LogP contribution in [0.1, 0.15) is 57.6 Å². The summed E-state index contributed by atoms with van der Waals surface area (Å²) in [7, 11) is 0. The van der Waals surface area contributed by atoms with Gasteiger partial charge in [-0.1, -0.05) is 44.2 Å². The van der Waals surface area contributed by atoms with Gasteiger partial charge in [0.15, 0.2) is 0 Å². The van der Waals surface area contributed by atoms with Crippen molar-refractivity contribution < 1.29 is 9.90 Å². The Balaban J connectivity index is 1.71.